The summed E-state index contributed by atoms with van der Waals surface area (Å²) in [5.41, 5.74) is 4.73. The van der Waals surface area contributed by atoms with Crippen LogP contribution in [0.4, 0.5) is 10.1 Å². The summed E-state index contributed by atoms with van der Waals surface area (Å²) >= 11 is 0.793. The van der Waals surface area contributed by atoms with E-state index >= 15 is 0 Å². The van der Waals surface area contributed by atoms with Crippen molar-refractivity contribution in [2.24, 2.45) is 0 Å². The monoisotopic (exact) mass is 493 g/mol. The fraction of sp³-hybridized carbons (Fsp3) is 0.200. The van der Waals surface area contributed by atoms with Gasteiger partial charge in [0.1, 0.15) is 23.3 Å². The Bertz CT molecular complexity index is 1450. The predicted octanol–water partition coefficient (Wildman–Crippen LogP) is 6.22. The van der Waals surface area contributed by atoms with Gasteiger partial charge in [0.25, 0.3) is 0 Å². The maximum absolute atomic E-state index is 12.6. The van der Waals surface area contributed by atoms with Gasteiger partial charge in [-0.3, -0.25) is 20.2 Å². The molecule has 0 aliphatic rings. The molecule has 0 bridgehead atoms. The van der Waals surface area contributed by atoms with Crippen LogP contribution in [0.25, 0.3) is 27.7 Å². The number of furan rings is 1. The highest BCUT2D eigenvalue weighted by Gasteiger charge is 2.20. The summed E-state index contributed by atoms with van der Waals surface area (Å²) in [5.74, 6) is 0.903. The number of amides is 1. The second-order valence-electron chi connectivity index (χ2n) is 7.65. The van der Waals surface area contributed by atoms with Gasteiger partial charge in [-0.05, 0) is 61.4 Å². The number of aromatic nitrogens is 1. The van der Waals surface area contributed by atoms with Gasteiger partial charge in [-0.25, -0.2) is 4.98 Å². The molecule has 10 heteroatoms. The van der Waals surface area contributed by atoms with E-state index in [9.17, 15) is 14.9 Å². The SMILES string of the molecule is CCOc1c(/C(C)=C/C(=O)Nc2ncc([N+](=O)[O-])s2)cc2c(-c3cccc(OC)c3)coc2c1C. The van der Waals surface area contributed by atoms with Gasteiger partial charge in [0.05, 0.1) is 24.9 Å². The highest BCUT2D eigenvalue weighted by atomic mass is 32.1. The van der Waals surface area contributed by atoms with Gasteiger partial charge in [0, 0.05) is 28.2 Å². The molecule has 0 saturated carbocycles. The number of methoxy groups -OCH3 is 1. The number of carbonyl (C=O) groups is 1. The lowest BCUT2D eigenvalue weighted by molar-refractivity contribution is -0.380. The molecule has 0 saturated heterocycles. The largest absolute Gasteiger partial charge is 0.497 e. The van der Waals surface area contributed by atoms with Gasteiger partial charge in [0.2, 0.25) is 5.91 Å². The normalized spacial score (nSPS) is 11.5. The zero-order valence-corrected chi connectivity index (χ0v) is 20.4. The van der Waals surface area contributed by atoms with Gasteiger partial charge in [-0.2, -0.15) is 0 Å². The molecule has 0 aliphatic carbocycles. The third-order valence-electron chi connectivity index (χ3n) is 5.39. The van der Waals surface area contributed by atoms with Crippen LogP contribution in [0.2, 0.25) is 0 Å². The number of ether oxygens (including phenoxy) is 2. The molecule has 2 aromatic heterocycles. The molecule has 35 heavy (non-hydrogen) atoms. The van der Waals surface area contributed by atoms with E-state index in [1.54, 1.807) is 20.3 Å². The quantitative estimate of drug-likeness (QED) is 0.176. The van der Waals surface area contributed by atoms with Crippen molar-refractivity contribution >= 4 is 43.9 Å². The van der Waals surface area contributed by atoms with Crippen LogP contribution in [0.3, 0.4) is 0 Å². The highest BCUT2D eigenvalue weighted by molar-refractivity contribution is 7.18. The molecular formula is C25H23N3O6S. The summed E-state index contributed by atoms with van der Waals surface area (Å²) in [5, 5.41) is 14.3. The molecule has 2 aromatic carbocycles. The second-order valence-corrected chi connectivity index (χ2v) is 8.66. The molecule has 4 aromatic rings. The smallest absolute Gasteiger partial charge is 0.345 e. The Morgan fingerprint density at radius 3 is 2.83 bits per heavy atom. The first-order chi connectivity index (χ1) is 16.8. The van der Waals surface area contributed by atoms with E-state index in [1.807, 2.05) is 44.2 Å². The zero-order chi connectivity index (χ0) is 25.1. The molecule has 0 unspecified atom stereocenters. The molecule has 0 radical (unpaired) electrons. The minimum absolute atomic E-state index is 0.147. The minimum atomic E-state index is -0.550. The number of rotatable bonds is 8. The molecule has 2 heterocycles. The van der Waals surface area contributed by atoms with E-state index in [1.165, 1.54) is 6.08 Å². The first-order valence-corrected chi connectivity index (χ1v) is 11.6. The number of fused-ring (bicyclic) bond motifs is 1. The van der Waals surface area contributed by atoms with E-state index < -0.39 is 10.8 Å². The number of anilines is 1. The molecule has 1 N–H and O–H groups in total. The van der Waals surface area contributed by atoms with E-state index in [0.717, 1.165) is 50.9 Å². The van der Waals surface area contributed by atoms with Gasteiger partial charge < -0.3 is 13.9 Å². The number of nitrogens with one attached hydrogen (secondary N) is 1. The summed E-state index contributed by atoms with van der Waals surface area (Å²) in [6.45, 7) is 6.04. The van der Waals surface area contributed by atoms with Crippen molar-refractivity contribution in [1.82, 2.24) is 4.98 Å². The van der Waals surface area contributed by atoms with Crippen molar-refractivity contribution in [2.45, 2.75) is 20.8 Å². The van der Waals surface area contributed by atoms with Crippen molar-refractivity contribution in [3.8, 4) is 22.6 Å². The van der Waals surface area contributed by atoms with Crippen LogP contribution in [0, 0.1) is 17.0 Å². The summed E-state index contributed by atoms with van der Waals surface area (Å²) < 4.78 is 17.2. The highest BCUT2D eigenvalue weighted by Crippen LogP contribution is 2.41. The molecule has 180 valence electrons. The van der Waals surface area contributed by atoms with Crippen LogP contribution in [0.1, 0.15) is 25.0 Å². The van der Waals surface area contributed by atoms with Gasteiger partial charge in [-0.15, -0.1) is 0 Å². The Kier molecular flexibility index (Phi) is 6.83. The van der Waals surface area contributed by atoms with Crippen LogP contribution in [-0.4, -0.2) is 29.5 Å². The van der Waals surface area contributed by atoms with Crippen molar-refractivity contribution < 1.29 is 23.6 Å². The molecule has 9 nitrogen and oxygen atoms in total. The summed E-state index contributed by atoms with van der Waals surface area (Å²) in [7, 11) is 1.62. The number of hydrogen-bond acceptors (Lipinski definition) is 8. The molecule has 4 rings (SSSR count). The number of thiazole rings is 1. The Labute approximate surface area is 205 Å². The fourth-order valence-electron chi connectivity index (χ4n) is 3.78. The van der Waals surface area contributed by atoms with E-state index in [0.29, 0.717) is 23.5 Å². The van der Waals surface area contributed by atoms with Gasteiger partial charge in [0.15, 0.2) is 5.13 Å². The lowest BCUT2D eigenvalue weighted by Crippen LogP contribution is -2.08. The number of nitro groups is 1. The maximum Gasteiger partial charge on any atom is 0.345 e. The molecular weight excluding hydrogens is 470 g/mol. The predicted molar refractivity (Wildman–Crippen MR) is 135 cm³/mol. The van der Waals surface area contributed by atoms with E-state index in [-0.39, 0.29) is 10.1 Å². The van der Waals surface area contributed by atoms with Crippen molar-refractivity contribution in [1.29, 1.82) is 0 Å². The fourth-order valence-corrected chi connectivity index (χ4v) is 4.41. The maximum atomic E-state index is 12.6. The third-order valence-corrected chi connectivity index (χ3v) is 6.25. The standard InChI is InChI=1S/C25H23N3O6S/c1-5-33-23-15(3)24-19(20(13-34-24)16-7-6-8-17(10-16)32-4)11-18(23)14(2)9-21(29)27-25-26-12-22(35-25)28(30)31/h6-13H,5H2,1-4H3,(H,26,27,29)/b14-9+. The van der Waals surface area contributed by atoms with Crippen LogP contribution in [-0.2, 0) is 4.79 Å². The van der Waals surface area contributed by atoms with Gasteiger partial charge in [-0.1, -0.05) is 12.1 Å². The Balaban J connectivity index is 1.76. The first kappa shape index (κ1) is 24.0. The molecule has 0 aliphatic heterocycles. The molecule has 0 atom stereocenters. The summed E-state index contributed by atoms with van der Waals surface area (Å²) in [4.78, 5) is 26.8. The van der Waals surface area contributed by atoms with E-state index in [4.69, 9.17) is 13.9 Å². The minimum Gasteiger partial charge on any atom is -0.497 e. The Hall–Kier alpha value is -4.18. The third kappa shape index (κ3) is 4.87. The average Bonchev–Trinajstić information content (AvgIpc) is 3.48. The van der Waals surface area contributed by atoms with Crippen molar-refractivity contribution in [2.75, 3.05) is 19.0 Å². The van der Waals surface area contributed by atoms with Crippen LogP contribution in [0.15, 0.2) is 53.3 Å². The second kappa shape index (κ2) is 9.98. The molecule has 1 amide bonds. The summed E-state index contributed by atoms with van der Waals surface area (Å²) in [6.07, 6.45) is 4.23. The number of hydrogen-bond donors (Lipinski definition) is 1. The van der Waals surface area contributed by atoms with Crippen LogP contribution >= 0.6 is 11.3 Å². The zero-order valence-electron chi connectivity index (χ0n) is 19.6. The molecule has 0 spiro atoms. The van der Waals surface area contributed by atoms with E-state index in [2.05, 4.69) is 10.3 Å². The number of carbonyl (C=O) groups excluding carboxylic acids is 1. The average molecular weight is 494 g/mol. The first-order valence-electron chi connectivity index (χ1n) is 10.7. The van der Waals surface area contributed by atoms with Crippen LogP contribution in [0.5, 0.6) is 11.5 Å². The number of nitrogens with zero attached hydrogens (tertiary/aromatic N) is 2. The van der Waals surface area contributed by atoms with Gasteiger partial charge >= 0.3 is 5.00 Å². The summed E-state index contributed by atoms with van der Waals surface area (Å²) in [6, 6.07) is 9.63. The van der Waals surface area contributed by atoms with Crippen molar-refractivity contribution in [3.63, 3.8) is 0 Å². The molecule has 0 fully saturated rings. The van der Waals surface area contributed by atoms with Crippen molar-refractivity contribution in [3.05, 3.63) is 70.1 Å². The van der Waals surface area contributed by atoms with Crippen LogP contribution < -0.4 is 14.8 Å². The Morgan fingerprint density at radius 2 is 2.14 bits per heavy atom. The lowest BCUT2D eigenvalue weighted by Gasteiger charge is -2.15. The Morgan fingerprint density at radius 1 is 1.34 bits per heavy atom. The lowest BCUT2D eigenvalue weighted by atomic mass is 9.96. The number of aryl methyl sites for hydroxylation is 1. The number of benzene rings is 2. The number of allylic oxidation sites excluding steroid dienone is 1. The topological polar surface area (TPSA) is 117 Å².